The molecule has 3 heterocycles. The Balaban J connectivity index is 1.57. The maximum Gasteiger partial charge on any atom is 0.239 e. The molecule has 2 amide bonds. The van der Waals surface area contributed by atoms with Crippen LogP contribution < -0.4 is 4.90 Å². The van der Waals surface area contributed by atoms with Crippen LogP contribution in [0.5, 0.6) is 0 Å². The van der Waals surface area contributed by atoms with Crippen molar-refractivity contribution in [1.82, 2.24) is 4.90 Å². The largest absolute Gasteiger partial charge is 0.292 e. The average Bonchev–Trinajstić information content (AvgIpc) is 3.37. The van der Waals surface area contributed by atoms with E-state index in [1.54, 1.807) is 18.2 Å². The van der Waals surface area contributed by atoms with Crippen LogP contribution in [-0.4, -0.2) is 41.1 Å². The van der Waals surface area contributed by atoms with Crippen LogP contribution >= 0.6 is 23.2 Å². The second-order valence-electron chi connectivity index (χ2n) is 7.90. The molecule has 0 spiro atoms. The highest BCUT2D eigenvalue weighted by Crippen LogP contribution is 2.49. The van der Waals surface area contributed by atoms with Gasteiger partial charge in [-0.05, 0) is 55.8 Å². The quantitative estimate of drug-likeness (QED) is 0.528. The van der Waals surface area contributed by atoms with E-state index in [0.717, 1.165) is 17.7 Å². The molecule has 154 valence electrons. The van der Waals surface area contributed by atoms with Crippen LogP contribution in [0.15, 0.2) is 42.5 Å². The molecule has 3 saturated heterocycles. The number of carbonyl (C=O) groups excluding carboxylic acids is 3. The molecule has 4 unspecified atom stereocenters. The molecule has 30 heavy (non-hydrogen) atoms. The normalized spacial score (nSPS) is 28.2. The first-order valence-electron chi connectivity index (χ1n) is 9.77. The van der Waals surface area contributed by atoms with Crippen molar-refractivity contribution in [2.75, 3.05) is 11.4 Å². The molecule has 3 aliphatic rings. The number of hydrogen-bond donors (Lipinski definition) is 0. The van der Waals surface area contributed by atoms with Crippen LogP contribution in [-0.2, 0) is 9.59 Å². The zero-order chi connectivity index (χ0) is 21.2. The first-order chi connectivity index (χ1) is 14.4. The van der Waals surface area contributed by atoms with Crippen molar-refractivity contribution in [2.45, 2.75) is 24.9 Å². The lowest BCUT2D eigenvalue weighted by molar-refractivity contribution is -0.123. The number of Topliss-reactive ketones (excluding diaryl/α,β-unsaturated/α-hetero) is 1. The number of benzene rings is 2. The molecule has 0 aliphatic carbocycles. The summed E-state index contributed by atoms with van der Waals surface area (Å²) in [7, 11) is 0. The van der Waals surface area contributed by atoms with Crippen LogP contribution in [0, 0.1) is 17.7 Å². The van der Waals surface area contributed by atoms with E-state index in [2.05, 4.69) is 0 Å². The molecule has 5 nitrogen and oxygen atoms in total. The molecule has 5 rings (SSSR count). The minimum Gasteiger partial charge on any atom is -0.292 e. The van der Waals surface area contributed by atoms with Gasteiger partial charge in [0.15, 0.2) is 5.78 Å². The molecular formula is C22H17Cl2FN2O3. The summed E-state index contributed by atoms with van der Waals surface area (Å²) in [6.45, 7) is 0.647. The number of anilines is 1. The van der Waals surface area contributed by atoms with Gasteiger partial charge in [0.25, 0.3) is 0 Å². The number of ketones is 1. The smallest absolute Gasteiger partial charge is 0.239 e. The van der Waals surface area contributed by atoms with Gasteiger partial charge in [0, 0.05) is 11.6 Å². The molecule has 0 saturated carbocycles. The van der Waals surface area contributed by atoms with E-state index in [1.165, 1.54) is 24.3 Å². The molecule has 8 heteroatoms. The summed E-state index contributed by atoms with van der Waals surface area (Å²) in [5.74, 6) is -2.90. The average molecular weight is 447 g/mol. The van der Waals surface area contributed by atoms with Crippen molar-refractivity contribution in [3.63, 3.8) is 0 Å². The van der Waals surface area contributed by atoms with Crippen LogP contribution in [0.1, 0.15) is 23.2 Å². The number of nitrogens with zero attached hydrogens (tertiary/aromatic N) is 2. The van der Waals surface area contributed by atoms with E-state index in [4.69, 9.17) is 23.2 Å². The Morgan fingerprint density at radius 3 is 2.43 bits per heavy atom. The van der Waals surface area contributed by atoms with E-state index in [1.807, 2.05) is 4.90 Å². The van der Waals surface area contributed by atoms with Gasteiger partial charge in [-0.15, -0.1) is 0 Å². The number of halogens is 3. The highest BCUT2D eigenvalue weighted by Gasteiger charge is 2.64. The van der Waals surface area contributed by atoms with Crippen molar-refractivity contribution in [2.24, 2.45) is 11.8 Å². The Bertz CT molecular complexity index is 1070. The summed E-state index contributed by atoms with van der Waals surface area (Å²) in [4.78, 5) is 43.3. The SMILES string of the molecule is O=C(c1ccc(F)cc1)C1C2C(=O)N(c3cccc(Cl)c3Cl)C(=O)C2C2CCCN21. The highest BCUT2D eigenvalue weighted by molar-refractivity contribution is 6.45. The zero-order valence-corrected chi connectivity index (χ0v) is 17.2. The Labute approximate surface area is 182 Å². The summed E-state index contributed by atoms with van der Waals surface area (Å²) in [6.07, 6.45) is 1.59. The van der Waals surface area contributed by atoms with E-state index >= 15 is 0 Å². The number of carbonyl (C=O) groups is 3. The Hall–Kier alpha value is -2.28. The minimum absolute atomic E-state index is 0.130. The number of fused-ring (bicyclic) bond motifs is 3. The van der Waals surface area contributed by atoms with Crippen LogP contribution in [0.4, 0.5) is 10.1 Å². The van der Waals surface area contributed by atoms with Gasteiger partial charge in [0.05, 0.1) is 33.6 Å². The Morgan fingerprint density at radius 1 is 1.00 bits per heavy atom. The van der Waals surface area contributed by atoms with Gasteiger partial charge >= 0.3 is 0 Å². The lowest BCUT2D eigenvalue weighted by atomic mass is 9.85. The molecule has 0 N–H and O–H groups in total. The second kappa shape index (κ2) is 7.15. The predicted octanol–water partition coefficient (Wildman–Crippen LogP) is 3.97. The third-order valence-electron chi connectivity index (χ3n) is 6.42. The predicted molar refractivity (Wildman–Crippen MR) is 110 cm³/mol. The zero-order valence-electron chi connectivity index (χ0n) is 15.7. The molecular weight excluding hydrogens is 430 g/mol. The summed E-state index contributed by atoms with van der Waals surface area (Å²) in [6, 6.07) is 9.14. The van der Waals surface area contributed by atoms with Gasteiger partial charge in [-0.2, -0.15) is 0 Å². The molecule has 2 aromatic carbocycles. The number of hydrogen-bond acceptors (Lipinski definition) is 4. The monoisotopic (exact) mass is 446 g/mol. The topological polar surface area (TPSA) is 57.7 Å². The summed E-state index contributed by atoms with van der Waals surface area (Å²) in [5.41, 5.74) is 0.568. The van der Waals surface area contributed by atoms with Gasteiger partial charge in [-0.25, -0.2) is 9.29 Å². The van der Waals surface area contributed by atoms with Gasteiger partial charge in [-0.3, -0.25) is 19.3 Å². The maximum atomic E-state index is 13.5. The second-order valence-corrected chi connectivity index (χ2v) is 8.68. The van der Waals surface area contributed by atoms with E-state index < -0.39 is 29.6 Å². The van der Waals surface area contributed by atoms with Gasteiger partial charge in [0.2, 0.25) is 11.8 Å². The van der Waals surface area contributed by atoms with Crippen molar-refractivity contribution < 1.29 is 18.8 Å². The van der Waals surface area contributed by atoms with Crippen LogP contribution in [0.3, 0.4) is 0 Å². The summed E-state index contributed by atoms with van der Waals surface area (Å²) in [5, 5.41) is 0.374. The van der Waals surface area contributed by atoms with Crippen LogP contribution in [0.25, 0.3) is 0 Å². The third kappa shape index (κ3) is 2.74. The lowest BCUT2D eigenvalue weighted by Crippen LogP contribution is -2.46. The molecule has 0 aromatic heterocycles. The van der Waals surface area contributed by atoms with Crippen molar-refractivity contribution in [3.8, 4) is 0 Å². The van der Waals surface area contributed by atoms with Crippen LogP contribution in [0.2, 0.25) is 10.0 Å². The number of imide groups is 1. The summed E-state index contributed by atoms with van der Waals surface area (Å²) < 4.78 is 13.3. The first-order valence-corrected chi connectivity index (χ1v) is 10.5. The summed E-state index contributed by atoms with van der Waals surface area (Å²) >= 11 is 12.4. The molecule has 4 atom stereocenters. The molecule has 0 bridgehead atoms. The fraction of sp³-hybridized carbons (Fsp3) is 0.318. The first kappa shape index (κ1) is 19.7. The Morgan fingerprint density at radius 2 is 1.70 bits per heavy atom. The van der Waals surface area contributed by atoms with Crippen molar-refractivity contribution >= 4 is 46.5 Å². The van der Waals surface area contributed by atoms with Gasteiger partial charge in [0.1, 0.15) is 5.82 Å². The van der Waals surface area contributed by atoms with E-state index in [9.17, 15) is 18.8 Å². The van der Waals surface area contributed by atoms with E-state index in [0.29, 0.717) is 12.1 Å². The lowest BCUT2D eigenvalue weighted by Gasteiger charge is -2.27. The third-order valence-corrected chi connectivity index (χ3v) is 7.23. The molecule has 2 aromatic rings. The number of rotatable bonds is 3. The minimum atomic E-state index is -0.796. The fourth-order valence-electron chi connectivity index (χ4n) is 5.20. The molecule has 3 fully saturated rings. The molecule has 0 radical (unpaired) electrons. The maximum absolute atomic E-state index is 13.5. The molecule has 3 aliphatic heterocycles. The number of amides is 2. The van der Waals surface area contributed by atoms with Crippen molar-refractivity contribution in [1.29, 1.82) is 0 Å². The standard InChI is InChI=1S/C22H17Cl2FN2O3/c23-13-3-1-4-15(18(13)24)27-21(29)16-14-5-2-10-26(14)19(17(16)22(27)30)20(28)11-6-8-12(25)9-7-11/h1,3-4,6-9,14,16-17,19H,2,5,10H2. The van der Waals surface area contributed by atoms with Crippen molar-refractivity contribution in [3.05, 3.63) is 63.9 Å². The van der Waals surface area contributed by atoms with E-state index in [-0.39, 0.29) is 33.5 Å². The Kier molecular flexibility index (Phi) is 4.69. The fourth-order valence-corrected chi connectivity index (χ4v) is 5.58. The van der Waals surface area contributed by atoms with Gasteiger partial charge in [-0.1, -0.05) is 29.3 Å². The highest BCUT2D eigenvalue weighted by atomic mass is 35.5. The van der Waals surface area contributed by atoms with Gasteiger partial charge < -0.3 is 0 Å².